The maximum absolute atomic E-state index is 5.87. The fourth-order valence-electron chi connectivity index (χ4n) is 1.87. The van der Waals surface area contributed by atoms with Gasteiger partial charge in [0, 0.05) is 7.11 Å². The van der Waals surface area contributed by atoms with Crippen LogP contribution in [-0.4, -0.2) is 20.3 Å². The Labute approximate surface area is 111 Å². The Morgan fingerprint density at radius 1 is 1.11 bits per heavy atom. The second-order valence-electron chi connectivity index (χ2n) is 6.00. The molecule has 0 saturated heterocycles. The number of rotatable bonds is 5. The zero-order valence-corrected chi connectivity index (χ0v) is 12.5. The van der Waals surface area contributed by atoms with Crippen molar-refractivity contribution >= 4 is 0 Å². The van der Waals surface area contributed by atoms with Crippen LogP contribution in [0.25, 0.3) is 0 Å². The van der Waals surface area contributed by atoms with Gasteiger partial charge in [-0.3, -0.25) is 0 Å². The number of hydrogen-bond donors (Lipinski definition) is 0. The Balaban J connectivity index is 3.02. The van der Waals surface area contributed by atoms with Gasteiger partial charge in [-0.1, -0.05) is 46.8 Å². The maximum Gasteiger partial charge on any atom is 0.123 e. The Hall–Kier alpha value is -1.02. The second-order valence-corrected chi connectivity index (χ2v) is 6.00. The predicted octanol–water partition coefficient (Wildman–Crippen LogP) is 4.13. The Morgan fingerprint density at radius 2 is 1.78 bits per heavy atom. The van der Waals surface area contributed by atoms with Crippen molar-refractivity contribution in [2.75, 3.05) is 20.3 Å². The van der Waals surface area contributed by atoms with E-state index in [-0.39, 0.29) is 5.41 Å². The van der Waals surface area contributed by atoms with Gasteiger partial charge in [0.1, 0.15) is 12.4 Å². The van der Waals surface area contributed by atoms with Crippen LogP contribution in [-0.2, 0) is 10.2 Å². The molecule has 0 aliphatic carbocycles. The monoisotopic (exact) mass is 250 g/mol. The molecule has 2 nitrogen and oxygen atoms in total. The van der Waals surface area contributed by atoms with E-state index < -0.39 is 0 Å². The molecule has 0 bridgehead atoms. The minimum absolute atomic E-state index is 0.0952. The molecule has 0 fully saturated rings. The van der Waals surface area contributed by atoms with Gasteiger partial charge in [-0.25, -0.2) is 0 Å². The average Bonchev–Trinajstić information content (AvgIpc) is 2.27. The van der Waals surface area contributed by atoms with Crippen molar-refractivity contribution < 1.29 is 9.47 Å². The molecule has 0 spiro atoms. The molecule has 0 amide bonds. The van der Waals surface area contributed by atoms with E-state index in [9.17, 15) is 0 Å². The summed E-state index contributed by atoms with van der Waals surface area (Å²) in [7, 11) is 1.69. The molecule has 0 unspecified atom stereocenters. The topological polar surface area (TPSA) is 18.5 Å². The summed E-state index contributed by atoms with van der Waals surface area (Å²) in [5.74, 6) is 1.51. The molecule has 0 aliphatic heterocycles. The summed E-state index contributed by atoms with van der Waals surface area (Å²) in [6, 6.07) is 6.56. The summed E-state index contributed by atoms with van der Waals surface area (Å²) in [4.78, 5) is 0. The number of hydrogen-bond acceptors (Lipinski definition) is 2. The Kier molecular flexibility index (Phi) is 5.21. The van der Waals surface area contributed by atoms with E-state index in [1.165, 1.54) is 11.1 Å². The standard InChI is InChI=1S/C16H26O2/c1-12(2)13-7-8-14(16(3,4)5)15(11-13)18-10-9-17-6/h7-8,11-12H,9-10H2,1-6H3. The first-order valence-corrected chi connectivity index (χ1v) is 6.62. The average molecular weight is 250 g/mol. The normalized spacial score (nSPS) is 11.9. The molecule has 0 saturated carbocycles. The SMILES string of the molecule is COCCOc1cc(C(C)C)ccc1C(C)(C)C. The fourth-order valence-corrected chi connectivity index (χ4v) is 1.87. The first-order chi connectivity index (χ1) is 8.36. The van der Waals surface area contributed by atoms with Crippen LogP contribution >= 0.6 is 0 Å². The quantitative estimate of drug-likeness (QED) is 0.731. The predicted molar refractivity (Wildman–Crippen MR) is 76.6 cm³/mol. The lowest BCUT2D eigenvalue weighted by Gasteiger charge is -2.24. The van der Waals surface area contributed by atoms with Crippen LogP contribution in [0.3, 0.4) is 0 Å². The van der Waals surface area contributed by atoms with Crippen molar-refractivity contribution in [3.63, 3.8) is 0 Å². The smallest absolute Gasteiger partial charge is 0.123 e. The van der Waals surface area contributed by atoms with Crippen LogP contribution in [0.5, 0.6) is 5.75 Å². The van der Waals surface area contributed by atoms with Gasteiger partial charge >= 0.3 is 0 Å². The van der Waals surface area contributed by atoms with Gasteiger partial charge in [0.15, 0.2) is 0 Å². The Bertz CT molecular complexity index is 375. The first kappa shape index (κ1) is 15.0. The number of ether oxygens (including phenoxy) is 2. The first-order valence-electron chi connectivity index (χ1n) is 6.62. The van der Waals surface area contributed by atoms with Gasteiger partial charge in [-0.05, 0) is 28.5 Å². The Morgan fingerprint density at radius 3 is 2.28 bits per heavy atom. The molecule has 0 radical (unpaired) electrons. The van der Waals surface area contributed by atoms with Crippen LogP contribution in [0.4, 0.5) is 0 Å². The van der Waals surface area contributed by atoms with E-state index in [4.69, 9.17) is 9.47 Å². The highest BCUT2D eigenvalue weighted by molar-refractivity contribution is 5.42. The van der Waals surface area contributed by atoms with E-state index in [0.717, 1.165) is 5.75 Å². The second kappa shape index (κ2) is 6.24. The number of methoxy groups -OCH3 is 1. The highest BCUT2D eigenvalue weighted by atomic mass is 16.5. The lowest BCUT2D eigenvalue weighted by molar-refractivity contribution is 0.145. The van der Waals surface area contributed by atoms with Gasteiger partial charge in [-0.2, -0.15) is 0 Å². The van der Waals surface area contributed by atoms with Gasteiger partial charge in [0.2, 0.25) is 0 Å². The molecule has 102 valence electrons. The molecule has 0 N–H and O–H groups in total. The minimum atomic E-state index is 0.0952. The molecule has 0 atom stereocenters. The van der Waals surface area contributed by atoms with Crippen LogP contribution in [0.1, 0.15) is 51.7 Å². The third-order valence-corrected chi connectivity index (χ3v) is 3.03. The van der Waals surface area contributed by atoms with E-state index in [1.54, 1.807) is 7.11 Å². The van der Waals surface area contributed by atoms with E-state index in [1.807, 2.05) is 0 Å². The molecule has 1 aromatic rings. The van der Waals surface area contributed by atoms with E-state index >= 15 is 0 Å². The summed E-state index contributed by atoms with van der Waals surface area (Å²) in [5, 5.41) is 0. The third-order valence-electron chi connectivity index (χ3n) is 3.03. The van der Waals surface area contributed by atoms with E-state index in [2.05, 4.69) is 52.8 Å². The molecular formula is C16H26O2. The lowest BCUT2D eigenvalue weighted by Crippen LogP contribution is -2.15. The fraction of sp³-hybridized carbons (Fsp3) is 0.625. The van der Waals surface area contributed by atoms with Crippen molar-refractivity contribution in [1.29, 1.82) is 0 Å². The van der Waals surface area contributed by atoms with Crippen molar-refractivity contribution in [3.8, 4) is 5.75 Å². The van der Waals surface area contributed by atoms with Crippen LogP contribution in [0, 0.1) is 0 Å². The molecule has 0 aromatic heterocycles. The molecule has 0 heterocycles. The zero-order valence-electron chi connectivity index (χ0n) is 12.5. The molecule has 18 heavy (non-hydrogen) atoms. The lowest BCUT2D eigenvalue weighted by atomic mass is 9.85. The summed E-state index contributed by atoms with van der Waals surface area (Å²) in [5.41, 5.74) is 2.66. The van der Waals surface area contributed by atoms with Crippen molar-refractivity contribution in [2.45, 2.75) is 46.0 Å². The summed E-state index contributed by atoms with van der Waals surface area (Å²) in [6.45, 7) is 12.2. The van der Waals surface area contributed by atoms with Gasteiger partial charge in [0.25, 0.3) is 0 Å². The summed E-state index contributed by atoms with van der Waals surface area (Å²) >= 11 is 0. The van der Waals surface area contributed by atoms with E-state index in [0.29, 0.717) is 19.1 Å². The molecule has 1 aromatic carbocycles. The van der Waals surface area contributed by atoms with Crippen molar-refractivity contribution in [1.82, 2.24) is 0 Å². The van der Waals surface area contributed by atoms with Crippen LogP contribution in [0.15, 0.2) is 18.2 Å². The molecular weight excluding hydrogens is 224 g/mol. The van der Waals surface area contributed by atoms with Crippen LogP contribution in [0.2, 0.25) is 0 Å². The summed E-state index contributed by atoms with van der Waals surface area (Å²) in [6.07, 6.45) is 0. The van der Waals surface area contributed by atoms with Crippen LogP contribution < -0.4 is 4.74 Å². The molecule has 2 heteroatoms. The van der Waals surface area contributed by atoms with Gasteiger partial charge < -0.3 is 9.47 Å². The summed E-state index contributed by atoms with van der Waals surface area (Å²) < 4.78 is 10.9. The largest absolute Gasteiger partial charge is 0.491 e. The highest BCUT2D eigenvalue weighted by Crippen LogP contribution is 2.33. The van der Waals surface area contributed by atoms with Gasteiger partial charge in [-0.15, -0.1) is 0 Å². The van der Waals surface area contributed by atoms with Crippen molar-refractivity contribution in [2.24, 2.45) is 0 Å². The zero-order chi connectivity index (χ0) is 13.8. The number of benzene rings is 1. The van der Waals surface area contributed by atoms with Crippen molar-refractivity contribution in [3.05, 3.63) is 29.3 Å². The highest BCUT2D eigenvalue weighted by Gasteiger charge is 2.19. The third kappa shape index (κ3) is 4.02. The maximum atomic E-state index is 5.87. The molecule has 1 rings (SSSR count). The van der Waals surface area contributed by atoms with Gasteiger partial charge in [0.05, 0.1) is 6.61 Å². The minimum Gasteiger partial charge on any atom is -0.491 e. The molecule has 0 aliphatic rings.